The molecule has 0 aromatic heterocycles. The van der Waals surface area contributed by atoms with E-state index in [9.17, 15) is 0 Å². The van der Waals surface area contributed by atoms with Crippen molar-refractivity contribution in [2.24, 2.45) is 0 Å². The van der Waals surface area contributed by atoms with Gasteiger partial charge in [0.15, 0.2) is 0 Å². The maximum Gasteiger partial charge on any atom is 0.144 e. The number of rotatable bonds is 4. The summed E-state index contributed by atoms with van der Waals surface area (Å²) in [4.78, 5) is 0. The largest absolute Gasteiger partial charge is 0.494 e. The Balaban J connectivity index is 2.99. The lowest BCUT2D eigenvalue weighted by molar-refractivity contribution is 0.311. The van der Waals surface area contributed by atoms with Crippen LogP contribution in [0.5, 0.6) is 5.75 Å². The van der Waals surface area contributed by atoms with E-state index in [0.29, 0.717) is 6.54 Å². The maximum atomic E-state index is 8.73. The second-order valence-electron chi connectivity index (χ2n) is 3.31. The molecule has 0 aliphatic carbocycles. The Kier molecular flexibility index (Phi) is 3.77. The van der Waals surface area contributed by atoms with Crippen LogP contribution in [0.1, 0.15) is 11.1 Å². The van der Waals surface area contributed by atoms with E-state index in [4.69, 9.17) is 9.84 Å². The Bertz CT molecular complexity index is 310. The molecule has 0 amide bonds. The Morgan fingerprint density at radius 1 is 1.36 bits per heavy atom. The van der Waals surface area contributed by atoms with Crippen LogP contribution >= 0.6 is 0 Å². The fourth-order valence-electron chi connectivity index (χ4n) is 1.55. The molecule has 0 aliphatic rings. The second-order valence-corrected chi connectivity index (χ2v) is 3.31. The molecule has 0 heterocycles. The zero-order valence-electron chi connectivity index (χ0n) is 8.92. The van der Waals surface area contributed by atoms with Crippen molar-refractivity contribution in [1.29, 1.82) is 0 Å². The molecule has 0 saturated carbocycles. The smallest absolute Gasteiger partial charge is 0.144 e. The van der Waals surface area contributed by atoms with Crippen molar-refractivity contribution in [1.82, 2.24) is 0 Å². The van der Waals surface area contributed by atoms with Crippen LogP contribution < -0.4 is 10.1 Å². The summed E-state index contributed by atoms with van der Waals surface area (Å²) in [7, 11) is 1.65. The van der Waals surface area contributed by atoms with Crippen molar-refractivity contribution in [3.05, 3.63) is 23.3 Å². The summed E-state index contributed by atoms with van der Waals surface area (Å²) in [6, 6.07) is 4.09. The Labute approximate surface area is 84.7 Å². The molecule has 3 nitrogen and oxygen atoms in total. The van der Waals surface area contributed by atoms with Gasteiger partial charge in [-0.3, -0.25) is 0 Å². The Morgan fingerprint density at radius 3 is 2.64 bits per heavy atom. The van der Waals surface area contributed by atoms with Crippen LogP contribution in [0.3, 0.4) is 0 Å². The lowest BCUT2D eigenvalue weighted by Crippen LogP contribution is -2.07. The van der Waals surface area contributed by atoms with E-state index in [1.807, 2.05) is 19.9 Å². The average Bonchev–Trinajstić information content (AvgIpc) is 2.14. The molecule has 0 unspecified atom stereocenters. The molecule has 78 valence electrons. The highest BCUT2D eigenvalue weighted by Crippen LogP contribution is 2.29. The van der Waals surface area contributed by atoms with Gasteiger partial charge in [0.2, 0.25) is 0 Å². The highest BCUT2D eigenvalue weighted by molar-refractivity contribution is 5.61. The van der Waals surface area contributed by atoms with Gasteiger partial charge in [-0.2, -0.15) is 0 Å². The van der Waals surface area contributed by atoms with E-state index < -0.39 is 0 Å². The molecule has 14 heavy (non-hydrogen) atoms. The quantitative estimate of drug-likeness (QED) is 0.768. The zero-order chi connectivity index (χ0) is 10.6. The predicted molar refractivity (Wildman–Crippen MR) is 58.0 cm³/mol. The monoisotopic (exact) mass is 195 g/mol. The molecular formula is C11H17NO2. The molecule has 0 radical (unpaired) electrons. The molecule has 0 spiro atoms. The number of aliphatic hydroxyl groups excluding tert-OH is 1. The SMILES string of the molecule is COc1c(C)cc(C)cc1NCCO. The third-order valence-corrected chi connectivity index (χ3v) is 2.05. The van der Waals surface area contributed by atoms with Crippen LogP contribution in [0.15, 0.2) is 12.1 Å². The molecule has 0 aliphatic heterocycles. The fourth-order valence-corrected chi connectivity index (χ4v) is 1.55. The Morgan fingerprint density at radius 2 is 2.07 bits per heavy atom. The number of nitrogens with one attached hydrogen (secondary N) is 1. The topological polar surface area (TPSA) is 41.5 Å². The number of hydrogen-bond acceptors (Lipinski definition) is 3. The maximum absolute atomic E-state index is 8.73. The van der Waals surface area contributed by atoms with Crippen molar-refractivity contribution in [3.63, 3.8) is 0 Å². The molecule has 0 saturated heterocycles. The number of aliphatic hydroxyl groups is 1. The van der Waals surface area contributed by atoms with Crippen molar-refractivity contribution in [2.75, 3.05) is 25.6 Å². The Hall–Kier alpha value is -1.22. The highest BCUT2D eigenvalue weighted by Gasteiger charge is 2.06. The van der Waals surface area contributed by atoms with Crippen molar-refractivity contribution in [3.8, 4) is 5.75 Å². The van der Waals surface area contributed by atoms with Crippen LogP contribution in [0, 0.1) is 13.8 Å². The molecule has 3 heteroatoms. The van der Waals surface area contributed by atoms with Gasteiger partial charge in [0.1, 0.15) is 5.75 Å². The molecular weight excluding hydrogens is 178 g/mol. The molecule has 2 N–H and O–H groups in total. The predicted octanol–water partition coefficient (Wildman–Crippen LogP) is 1.72. The number of methoxy groups -OCH3 is 1. The van der Waals surface area contributed by atoms with Gasteiger partial charge in [-0.25, -0.2) is 0 Å². The first-order valence-electron chi connectivity index (χ1n) is 4.69. The minimum atomic E-state index is 0.121. The van der Waals surface area contributed by atoms with Crippen LogP contribution in [0.25, 0.3) is 0 Å². The molecule has 0 fully saturated rings. The number of ether oxygens (including phenoxy) is 1. The summed E-state index contributed by atoms with van der Waals surface area (Å²) >= 11 is 0. The standard InChI is InChI=1S/C11H17NO2/c1-8-6-9(2)11(14-3)10(7-8)12-4-5-13/h6-7,12-13H,4-5H2,1-3H3. The van der Waals surface area contributed by atoms with Gasteiger partial charge in [0, 0.05) is 6.54 Å². The van der Waals surface area contributed by atoms with Crippen LogP contribution in [-0.4, -0.2) is 25.4 Å². The van der Waals surface area contributed by atoms with Gasteiger partial charge in [-0.1, -0.05) is 6.07 Å². The average molecular weight is 195 g/mol. The highest BCUT2D eigenvalue weighted by atomic mass is 16.5. The third kappa shape index (κ3) is 2.39. The summed E-state index contributed by atoms with van der Waals surface area (Å²) in [6.07, 6.45) is 0. The lowest BCUT2D eigenvalue weighted by atomic mass is 10.1. The van der Waals surface area contributed by atoms with Gasteiger partial charge in [0.25, 0.3) is 0 Å². The first kappa shape index (κ1) is 10.9. The molecule has 1 aromatic carbocycles. The van der Waals surface area contributed by atoms with Crippen LogP contribution in [-0.2, 0) is 0 Å². The molecule has 1 rings (SSSR count). The number of anilines is 1. The van der Waals surface area contributed by atoms with E-state index in [2.05, 4.69) is 11.4 Å². The number of aryl methyl sites for hydroxylation is 2. The molecule has 0 atom stereocenters. The summed E-state index contributed by atoms with van der Waals surface area (Å²) in [5.74, 6) is 0.851. The van der Waals surface area contributed by atoms with Crippen LogP contribution in [0.2, 0.25) is 0 Å². The van der Waals surface area contributed by atoms with Gasteiger partial charge in [-0.15, -0.1) is 0 Å². The summed E-state index contributed by atoms with van der Waals surface area (Å²) in [6.45, 7) is 4.71. The normalized spacial score (nSPS) is 10.0. The van der Waals surface area contributed by atoms with E-state index in [0.717, 1.165) is 17.0 Å². The number of hydrogen-bond donors (Lipinski definition) is 2. The van der Waals surface area contributed by atoms with Gasteiger partial charge in [0.05, 0.1) is 19.4 Å². The van der Waals surface area contributed by atoms with E-state index in [1.54, 1.807) is 7.11 Å². The zero-order valence-corrected chi connectivity index (χ0v) is 8.92. The summed E-state index contributed by atoms with van der Waals surface area (Å²) in [5, 5.41) is 11.8. The van der Waals surface area contributed by atoms with E-state index in [1.165, 1.54) is 5.56 Å². The summed E-state index contributed by atoms with van der Waals surface area (Å²) in [5.41, 5.74) is 3.23. The molecule has 1 aromatic rings. The van der Waals surface area contributed by atoms with Crippen molar-refractivity contribution < 1.29 is 9.84 Å². The first-order chi connectivity index (χ1) is 6.69. The van der Waals surface area contributed by atoms with Gasteiger partial charge >= 0.3 is 0 Å². The minimum Gasteiger partial charge on any atom is -0.494 e. The lowest BCUT2D eigenvalue weighted by Gasteiger charge is -2.13. The van der Waals surface area contributed by atoms with E-state index >= 15 is 0 Å². The number of benzene rings is 1. The fraction of sp³-hybridized carbons (Fsp3) is 0.455. The first-order valence-corrected chi connectivity index (χ1v) is 4.69. The minimum absolute atomic E-state index is 0.121. The molecule has 0 bridgehead atoms. The summed E-state index contributed by atoms with van der Waals surface area (Å²) < 4.78 is 5.28. The van der Waals surface area contributed by atoms with Gasteiger partial charge in [-0.05, 0) is 31.0 Å². The third-order valence-electron chi connectivity index (χ3n) is 2.05. The van der Waals surface area contributed by atoms with E-state index in [-0.39, 0.29) is 6.61 Å². The van der Waals surface area contributed by atoms with Crippen molar-refractivity contribution in [2.45, 2.75) is 13.8 Å². The van der Waals surface area contributed by atoms with Crippen LogP contribution in [0.4, 0.5) is 5.69 Å². The van der Waals surface area contributed by atoms with Crippen molar-refractivity contribution >= 4 is 5.69 Å². The second kappa shape index (κ2) is 4.86. The van der Waals surface area contributed by atoms with Gasteiger partial charge < -0.3 is 15.2 Å².